The normalized spacial score (nSPS) is 13.7. The summed E-state index contributed by atoms with van der Waals surface area (Å²) in [6.45, 7) is 8.39. The van der Waals surface area contributed by atoms with Crippen LogP contribution in [0.15, 0.2) is 0 Å². The van der Waals surface area contributed by atoms with Gasteiger partial charge in [0.15, 0.2) is 0 Å². The van der Waals surface area contributed by atoms with Crippen molar-refractivity contribution in [3.63, 3.8) is 0 Å². The Morgan fingerprint density at radius 1 is 1.31 bits per heavy atom. The van der Waals surface area contributed by atoms with Crippen molar-refractivity contribution in [1.82, 2.24) is 5.32 Å². The first-order chi connectivity index (χ1) is 5.93. The van der Waals surface area contributed by atoms with Gasteiger partial charge in [-0.1, -0.05) is 27.7 Å². The first kappa shape index (κ1) is 12.4. The van der Waals surface area contributed by atoms with E-state index in [-0.39, 0.29) is 6.42 Å². The van der Waals surface area contributed by atoms with Crippen LogP contribution >= 0.6 is 0 Å². The van der Waals surface area contributed by atoms with Gasteiger partial charge in [-0.15, -0.1) is 0 Å². The molecule has 0 rings (SSSR count). The molecule has 0 saturated carbocycles. The summed E-state index contributed by atoms with van der Waals surface area (Å²) in [7, 11) is 0. The molecule has 0 aromatic heterocycles. The number of nitrogens with one attached hydrogen (secondary N) is 1. The van der Waals surface area contributed by atoms with Crippen LogP contribution in [-0.2, 0) is 4.79 Å². The minimum Gasteiger partial charge on any atom is -0.481 e. The highest BCUT2D eigenvalue weighted by Crippen LogP contribution is 2.09. The van der Waals surface area contributed by atoms with E-state index in [1.54, 1.807) is 0 Å². The zero-order valence-electron chi connectivity index (χ0n) is 9.00. The van der Waals surface area contributed by atoms with E-state index in [0.717, 1.165) is 0 Å². The average Bonchev–Trinajstić information content (AvgIpc) is 1.96. The largest absolute Gasteiger partial charge is 0.481 e. The second kappa shape index (κ2) is 5.97. The highest BCUT2D eigenvalue weighted by molar-refractivity contribution is 5.66. The summed E-state index contributed by atoms with van der Waals surface area (Å²) in [5.74, 6) is -0.224. The van der Waals surface area contributed by atoms with Crippen molar-refractivity contribution in [1.29, 1.82) is 0 Å². The topological polar surface area (TPSA) is 49.3 Å². The maximum Gasteiger partial charge on any atom is 0.303 e. The first-order valence-corrected chi connectivity index (χ1v) is 4.91. The third kappa shape index (κ3) is 6.58. The first-order valence-electron chi connectivity index (χ1n) is 4.91. The Morgan fingerprint density at radius 3 is 2.15 bits per heavy atom. The number of rotatable bonds is 6. The third-order valence-electron chi connectivity index (χ3n) is 2.02. The molecule has 0 aliphatic heterocycles. The van der Waals surface area contributed by atoms with E-state index in [2.05, 4.69) is 33.0 Å². The second-order valence-corrected chi connectivity index (χ2v) is 4.10. The highest BCUT2D eigenvalue weighted by Gasteiger charge is 2.14. The molecule has 3 heteroatoms. The lowest BCUT2D eigenvalue weighted by atomic mass is 9.98. The monoisotopic (exact) mass is 187 g/mol. The zero-order valence-corrected chi connectivity index (χ0v) is 9.00. The van der Waals surface area contributed by atoms with Crippen LogP contribution in [0, 0.1) is 5.92 Å². The maximum absolute atomic E-state index is 10.4. The summed E-state index contributed by atoms with van der Waals surface area (Å²) in [5.41, 5.74) is 0. The van der Waals surface area contributed by atoms with Crippen molar-refractivity contribution < 1.29 is 9.90 Å². The SMILES string of the molecule is CC(C)NC(CCC(=O)O)C(C)C. The van der Waals surface area contributed by atoms with Gasteiger partial charge >= 0.3 is 5.97 Å². The van der Waals surface area contributed by atoms with Gasteiger partial charge in [0, 0.05) is 18.5 Å². The van der Waals surface area contributed by atoms with Crippen LogP contribution in [0.3, 0.4) is 0 Å². The summed E-state index contributed by atoms with van der Waals surface area (Å²) in [4.78, 5) is 10.4. The molecule has 0 aromatic rings. The Hall–Kier alpha value is -0.570. The molecule has 0 bridgehead atoms. The van der Waals surface area contributed by atoms with Gasteiger partial charge in [0.05, 0.1) is 0 Å². The van der Waals surface area contributed by atoms with Gasteiger partial charge in [-0.2, -0.15) is 0 Å². The van der Waals surface area contributed by atoms with Crippen LogP contribution < -0.4 is 5.32 Å². The number of aliphatic carboxylic acids is 1. The maximum atomic E-state index is 10.4. The van der Waals surface area contributed by atoms with Gasteiger partial charge in [-0.25, -0.2) is 0 Å². The number of hydrogen-bond acceptors (Lipinski definition) is 2. The van der Waals surface area contributed by atoms with E-state index in [1.165, 1.54) is 0 Å². The van der Waals surface area contributed by atoms with E-state index in [4.69, 9.17) is 5.11 Å². The lowest BCUT2D eigenvalue weighted by molar-refractivity contribution is -0.137. The summed E-state index contributed by atoms with van der Waals surface area (Å²) in [6, 6.07) is 0.734. The molecule has 0 fully saturated rings. The van der Waals surface area contributed by atoms with Crippen molar-refractivity contribution in [3.8, 4) is 0 Å². The fourth-order valence-electron chi connectivity index (χ4n) is 1.32. The molecule has 2 N–H and O–H groups in total. The van der Waals surface area contributed by atoms with Crippen molar-refractivity contribution >= 4 is 5.97 Å². The lowest BCUT2D eigenvalue weighted by Gasteiger charge is -2.24. The minimum atomic E-state index is -0.712. The summed E-state index contributed by atoms with van der Waals surface area (Å²) < 4.78 is 0. The summed E-state index contributed by atoms with van der Waals surface area (Å²) in [6.07, 6.45) is 0.966. The lowest BCUT2D eigenvalue weighted by Crippen LogP contribution is -2.38. The van der Waals surface area contributed by atoms with Gasteiger partial charge in [0.2, 0.25) is 0 Å². The number of carbonyl (C=O) groups is 1. The second-order valence-electron chi connectivity index (χ2n) is 4.10. The van der Waals surface area contributed by atoms with E-state index < -0.39 is 5.97 Å². The van der Waals surface area contributed by atoms with Gasteiger partial charge < -0.3 is 10.4 Å². The Morgan fingerprint density at radius 2 is 1.85 bits per heavy atom. The minimum absolute atomic E-state index is 0.253. The quantitative estimate of drug-likeness (QED) is 0.667. The third-order valence-corrected chi connectivity index (χ3v) is 2.02. The van der Waals surface area contributed by atoms with Crippen LogP contribution in [0.4, 0.5) is 0 Å². The molecule has 13 heavy (non-hydrogen) atoms. The molecule has 1 atom stereocenters. The van der Waals surface area contributed by atoms with Gasteiger partial charge in [-0.3, -0.25) is 4.79 Å². The van der Waals surface area contributed by atoms with Crippen LogP contribution in [0.1, 0.15) is 40.5 Å². The Bertz CT molecular complexity index is 155. The molecular formula is C10H21NO2. The van der Waals surface area contributed by atoms with Crippen LogP contribution in [-0.4, -0.2) is 23.2 Å². The summed E-state index contributed by atoms with van der Waals surface area (Å²) in [5, 5.41) is 11.9. The van der Waals surface area contributed by atoms with E-state index >= 15 is 0 Å². The predicted molar refractivity (Wildman–Crippen MR) is 53.8 cm³/mol. The zero-order chi connectivity index (χ0) is 10.4. The highest BCUT2D eigenvalue weighted by atomic mass is 16.4. The van der Waals surface area contributed by atoms with Gasteiger partial charge in [0.25, 0.3) is 0 Å². The van der Waals surface area contributed by atoms with Crippen LogP contribution in [0.25, 0.3) is 0 Å². The van der Waals surface area contributed by atoms with Crippen LogP contribution in [0.2, 0.25) is 0 Å². The Kier molecular flexibility index (Phi) is 5.71. The van der Waals surface area contributed by atoms with Crippen molar-refractivity contribution in [3.05, 3.63) is 0 Å². The molecule has 0 aliphatic carbocycles. The molecule has 0 amide bonds. The average molecular weight is 187 g/mol. The molecule has 3 nitrogen and oxygen atoms in total. The van der Waals surface area contributed by atoms with E-state index in [0.29, 0.717) is 24.4 Å². The van der Waals surface area contributed by atoms with Gasteiger partial charge in [-0.05, 0) is 12.3 Å². The molecule has 0 saturated heterocycles. The number of carboxylic acid groups (broad SMARTS) is 1. The van der Waals surface area contributed by atoms with E-state index in [1.807, 2.05) is 0 Å². The van der Waals surface area contributed by atoms with Gasteiger partial charge in [0.1, 0.15) is 0 Å². The van der Waals surface area contributed by atoms with Crippen molar-refractivity contribution in [2.45, 2.75) is 52.6 Å². The molecule has 1 unspecified atom stereocenters. The van der Waals surface area contributed by atoms with E-state index in [9.17, 15) is 4.79 Å². The number of hydrogen-bond donors (Lipinski definition) is 2. The molecule has 0 radical (unpaired) electrons. The van der Waals surface area contributed by atoms with Crippen LogP contribution in [0.5, 0.6) is 0 Å². The molecule has 0 aliphatic rings. The Labute approximate surface area is 80.5 Å². The standard InChI is InChI=1S/C10H21NO2/c1-7(2)9(11-8(3)4)5-6-10(12)13/h7-9,11H,5-6H2,1-4H3,(H,12,13). The fourth-order valence-corrected chi connectivity index (χ4v) is 1.32. The fraction of sp³-hybridized carbons (Fsp3) is 0.900. The molecule has 0 heterocycles. The Balaban J connectivity index is 3.87. The number of carboxylic acids is 1. The molecular weight excluding hydrogens is 166 g/mol. The summed E-state index contributed by atoms with van der Waals surface area (Å²) >= 11 is 0. The molecule has 0 aromatic carbocycles. The predicted octanol–water partition coefficient (Wildman–Crippen LogP) is 1.87. The smallest absolute Gasteiger partial charge is 0.303 e. The molecule has 0 spiro atoms. The van der Waals surface area contributed by atoms with Crippen molar-refractivity contribution in [2.75, 3.05) is 0 Å². The molecule has 78 valence electrons. The van der Waals surface area contributed by atoms with Crippen molar-refractivity contribution in [2.24, 2.45) is 5.92 Å².